The number of aromatic amines is 1. The van der Waals surface area contributed by atoms with E-state index in [2.05, 4.69) is 15.6 Å². The van der Waals surface area contributed by atoms with Crippen LogP contribution in [0.25, 0.3) is 10.9 Å². The van der Waals surface area contributed by atoms with Crippen molar-refractivity contribution >= 4 is 59.4 Å². The lowest BCUT2D eigenvalue weighted by molar-refractivity contribution is -0.117. The quantitative estimate of drug-likeness (QED) is 0.468. The van der Waals surface area contributed by atoms with Crippen molar-refractivity contribution < 1.29 is 14.4 Å². The van der Waals surface area contributed by atoms with Crippen LogP contribution >= 0.6 is 25.1 Å². The largest absolute Gasteiger partial charge is 0.360 e. The zero-order valence-electron chi connectivity index (χ0n) is 19.3. The number of rotatable bonds is 5. The number of benzene rings is 2. The number of amides is 3. The van der Waals surface area contributed by atoms with E-state index in [1.807, 2.05) is 18.2 Å². The van der Waals surface area contributed by atoms with Gasteiger partial charge in [-0.25, -0.2) is 0 Å². The molecular weight excluding hydrogens is 484 g/mol. The van der Waals surface area contributed by atoms with Crippen molar-refractivity contribution in [2.24, 2.45) is 0 Å². The Bertz CT molecular complexity index is 1240. The Morgan fingerprint density at radius 3 is 2.17 bits per heavy atom. The van der Waals surface area contributed by atoms with Crippen LogP contribution in [0, 0.1) is 0 Å². The second-order valence-electron chi connectivity index (χ2n) is 9.04. The molecular formula is C26H29ClN4O3S. The molecule has 3 amide bonds. The molecule has 2 fully saturated rings. The number of aromatic nitrogens is 1. The first-order valence-electron chi connectivity index (χ1n) is 11.8. The van der Waals surface area contributed by atoms with E-state index in [0.717, 1.165) is 55.2 Å². The van der Waals surface area contributed by atoms with E-state index in [1.54, 1.807) is 35.4 Å². The van der Waals surface area contributed by atoms with Crippen LogP contribution in [0.3, 0.4) is 0 Å². The van der Waals surface area contributed by atoms with Gasteiger partial charge in [-0.3, -0.25) is 14.4 Å². The van der Waals surface area contributed by atoms with Crippen LogP contribution in [-0.2, 0) is 4.79 Å². The molecule has 0 spiro atoms. The number of halogens is 1. The number of hydrogen-bond donors (Lipinski definition) is 3. The molecule has 0 bridgehead atoms. The van der Waals surface area contributed by atoms with Crippen LogP contribution in [-0.4, -0.2) is 41.3 Å². The van der Waals surface area contributed by atoms with Gasteiger partial charge in [0.05, 0.1) is 5.02 Å². The standard InChI is InChI=1S/C26H27ClN4O3.H2S/c27-20-15-28-23-14-17(9-12-19(20)23)26(34)30-22-5-2-1-4-21(22)29-25(33)16-7-10-18(11-8-16)31-13-3-6-24(31)32;/h7-12,14-15,21-22,28H,1-6,13H2,(H,29,33)(H,30,34);1H2/t21?,22-;/m1./s1. The van der Waals surface area contributed by atoms with Gasteiger partial charge in [0.1, 0.15) is 0 Å². The van der Waals surface area contributed by atoms with Gasteiger partial charge in [-0.2, -0.15) is 13.5 Å². The Morgan fingerprint density at radius 2 is 1.54 bits per heavy atom. The monoisotopic (exact) mass is 512 g/mol. The van der Waals surface area contributed by atoms with Crippen molar-refractivity contribution in [3.8, 4) is 0 Å². The van der Waals surface area contributed by atoms with Gasteiger partial charge in [-0.1, -0.05) is 30.5 Å². The molecule has 1 aliphatic carbocycles. The highest BCUT2D eigenvalue weighted by Gasteiger charge is 2.29. The lowest BCUT2D eigenvalue weighted by atomic mass is 9.89. The predicted molar refractivity (Wildman–Crippen MR) is 143 cm³/mol. The maximum Gasteiger partial charge on any atom is 0.251 e. The van der Waals surface area contributed by atoms with Gasteiger partial charge in [-0.05, 0) is 55.7 Å². The second kappa shape index (κ2) is 10.7. The summed E-state index contributed by atoms with van der Waals surface area (Å²) < 4.78 is 0. The Morgan fingerprint density at radius 1 is 0.914 bits per heavy atom. The SMILES string of the molecule is O=C(NC1CCCC[C@H]1NC(=O)c1ccc2c(Cl)c[nH]c2c1)c1ccc(N2CCCC2=O)cc1.S. The summed E-state index contributed by atoms with van der Waals surface area (Å²) in [6.07, 6.45) is 6.76. The Labute approximate surface area is 216 Å². The highest BCUT2D eigenvalue weighted by Crippen LogP contribution is 2.25. The van der Waals surface area contributed by atoms with Crippen LogP contribution in [0.4, 0.5) is 5.69 Å². The number of fused-ring (bicyclic) bond motifs is 1. The van der Waals surface area contributed by atoms with Crippen molar-refractivity contribution in [2.75, 3.05) is 11.4 Å². The number of hydrogen-bond acceptors (Lipinski definition) is 3. The molecule has 7 nitrogen and oxygen atoms in total. The van der Waals surface area contributed by atoms with E-state index in [1.165, 1.54) is 0 Å². The molecule has 9 heteroatoms. The van der Waals surface area contributed by atoms with Crippen LogP contribution in [0.1, 0.15) is 59.2 Å². The molecule has 1 aliphatic heterocycles. The summed E-state index contributed by atoms with van der Waals surface area (Å²) >= 11 is 6.14. The van der Waals surface area contributed by atoms with E-state index in [-0.39, 0.29) is 43.3 Å². The highest BCUT2D eigenvalue weighted by atomic mass is 35.5. The van der Waals surface area contributed by atoms with Gasteiger partial charge in [-0.15, -0.1) is 0 Å². The van der Waals surface area contributed by atoms with Gasteiger partial charge >= 0.3 is 0 Å². The van der Waals surface area contributed by atoms with Gasteiger partial charge < -0.3 is 20.5 Å². The van der Waals surface area contributed by atoms with Gasteiger partial charge in [0.15, 0.2) is 0 Å². The van der Waals surface area contributed by atoms with Crippen LogP contribution in [0.5, 0.6) is 0 Å². The summed E-state index contributed by atoms with van der Waals surface area (Å²) in [4.78, 5) is 42.7. The Kier molecular flexibility index (Phi) is 7.72. The smallest absolute Gasteiger partial charge is 0.251 e. The third kappa shape index (κ3) is 5.33. The molecule has 35 heavy (non-hydrogen) atoms. The van der Waals surface area contributed by atoms with Crippen molar-refractivity contribution in [2.45, 2.75) is 50.6 Å². The fraction of sp³-hybridized carbons (Fsp3) is 0.346. The minimum Gasteiger partial charge on any atom is -0.360 e. The first-order chi connectivity index (χ1) is 16.5. The number of anilines is 1. The normalized spacial score (nSPS) is 19.9. The van der Waals surface area contributed by atoms with Crippen molar-refractivity contribution in [1.29, 1.82) is 0 Å². The summed E-state index contributed by atoms with van der Waals surface area (Å²) in [5.74, 6) is -0.220. The number of nitrogens with zero attached hydrogens (tertiary/aromatic N) is 1. The Balaban J connectivity index is 0.00000289. The van der Waals surface area contributed by atoms with Crippen LogP contribution < -0.4 is 15.5 Å². The summed E-state index contributed by atoms with van der Waals surface area (Å²) in [5.41, 5.74) is 2.72. The fourth-order valence-electron chi connectivity index (χ4n) is 4.93. The molecule has 2 heterocycles. The summed E-state index contributed by atoms with van der Waals surface area (Å²) in [7, 11) is 0. The molecule has 2 aromatic carbocycles. The zero-order valence-corrected chi connectivity index (χ0v) is 21.0. The van der Waals surface area contributed by atoms with Crippen molar-refractivity contribution in [1.82, 2.24) is 15.6 Å². The lowest BCUT2D eigenvalue weighted by Gasteiger charge is -2.33. The summed E-state index contributed by atoms with van der Waals surface area (Å²) in [6.45, 7) is 0.720. The number of carbonyl (C=O) groups excluding carboxylic acids is 3. The first-order valence-corrected chi connectivity index (χ1v) is 12.2. The fourth-order valence-corrected chi connectivity index (χ4v) is 5.15. The second-order valence-corrected chi connectivity index (χ2v) is 9.44. The molecule has 2 aliphatic rings. The number of carbonyl (C=O) groups is 3. The van der Waals surface area contributed by atoms with Crippen molar-refractivity contribution in [3.05, 3.63) is 64.8 Å². The molecule has 184 valence electrons. The molecule has 1 saturated heterocycles. The average molecular weight is 513 g/mol. The third-order valence-electron chi connectivity index (χ3n) is 6.81. The maximum atomic E-state index is 13.0. The molecule has 1 unspecified atom stereocenters. The minimum absolute atomic E-state index is 0. The van der Waals surface area contributed by atoms with E-state index in [9.17, 15) is 14.4 Å². The van der Waals surface area contributed by atoms with E-state index >= 15 is 0 Å². The van der Waals surface area contributed by atoms with E-state index < -0.39 is 0 Å². The van der Waals surface area contributed by atoms with Gasteiger partial charge in [0.25, 0.3) is 11.8 Å². The average Bonchev–Trinajstić information content (AvgIpc) is 3.45. The minimum atomic E-state index is -0.173. The van der Waals surface area contributed by atoms with Gasteiger partial charge in [0, 0.05) is 59.0 Å². The molecule has 1 saturated carbocycles. The highest BCUT2D eigenvalue weighted by molar-refractivity contribution is 7.59. The van der Waals surface area contributed by atoms with Crippen molar-refractivity contribution in [3.63, 3.8) is 0 Å². The van der Waals surface area contributed by atoms with Gasteiger partial charge in [0.2, 0.25) is 5.91 Å². The van der Waals surface area contributed by atoms with Crippen LogP contribution in [0.2, 0.25) is 5.02 Å². The first kappa shape index (κ1) is 25.1. The predicted octanol–water partition coefficient (Wildman–Crippen LogP) is 4.53. The molecule has 2 atom stereocenters. The van der Waals surface area contributed by atoms with E-state index in [4.69, 9.17) is 11.6 Å². The Hall–Kier alpha value is -2.97. The zero-order chi connectivity index (χ0) is 23.7. The number of nitrogens with one attached hydrogen (secondary N) is 3. The van der Waals surface area contributed by atoms with E-state index in [0.29, 0.717) is 22.6 Å². The summed E-state index contributed by atoms with van der Waals surface area (Å²) in [5, 5.41) is 7.73. The summed E-state index contributed by atoms with van der Waals surface area (Å²) in [6, 6.07) is 12.3. The molecule has 5 rings (SSSR count). The molecule has 0 radical (unpaired) electrons. The number of H-pyrrole nitrogens is 1. The lowest BCUT2D eigenvalue weighted by Crippen LogP contribution is -2.53. The maximum absolute atomic E-state index is 13.0. The molecule has 1 aromatic heterocycles. The van der Waals surface area contributed by atoms with Crippen LogP contribution in [0.15, 0.2) is 48.7 Å². The molecule has 3 N–H and O–H groups in total. The third-order valence-corrected chi connectivity index (χ3v) is 7.12. The molecule has 3 aromatic rings. The topological polar surface area (TPSA) is 94.3 Å².